The summed E-state index contributed by atoms with van der Waals surface area (Å²) in [6.07, 6.45) is 0. The van der Waals surface area contributed by atoms with Gasteiger partial charge in [-0.05, 0) is 24.3 Å². The van der Waals surface area contributed by atoms with Crippen LogP contribution in [0.4, 0.5) is 0 Å². The highest BCUT2D eigenvalue weighted by atomic mass is 35.5. The van der Waals surface area contributed by atoms with E-state index in [-0.39, 0.29) is 11.7 Å². The second-order valence-corrected chi connectivity index (χ2v) is 3.09. The molecular weight excluding hydrogens is 180 g/mol. The van der Waals surface area contributed by atoms with E-state index in [1.165, 1.54) is 9.36 Å². The third-order valence-corrected chi connectivity index (χ3v) is 1.62. The van der Waals surface area contributed by atoms with Crippen LogP contribution in [0.15, 0.2) is 4.79 Å². The number of rotatable bonds is 3. The van der Waals surface area contributed by atoms with E-state index in [2.05, 4.69) is 10.4 Å². The Morgan fingerprint density at radius 2 is 2.17 bits per heavy atom. The van der Waals surface area contributed by atoms with Gasteiger partial charge in [0.1, 0.15) is 0 Å². The van der Waals surface area contributed by atoms with Crippen LogP contribution in [0.5, 0.6) is 0 Å². The van der Waals surface area contributed by atoms with Crippen LogP contribution in [-0.2, 0) is 6.54 Å². The second kappa shape index (κ2) is 3.71. The number of alkyl halides is 1. The minimum Gasteiger partial charge on any atom is -0.244 e. The number of hydrogen-bond acceptors (Lipinski definition) is 3. The van der Waals surface area contributed by atoms with Crippen molar-refractivity contribution in [2.45, 2.75) is 26.4 Å². The molecule has 0 aliphatic carbocycles. The molecule has 6 heteroatoms. The molecule has 0 radical (unpaired) electrons. The van der Waals surface area contributed by atoms with Gasteiger partial charge in [0, 0.05) is 5.88 Å². The van der Waals surface area contributed by atoms with Crippen molar-refractivity contribution in [2.24, 2.45) is 0 Å². The Morgan fingerprint density at radius 3 is 2.58 bits per heavy atom. The van der Waals surface area contributed by atoms with Crippen molar-refractivity contribution >= 4 is 11.6 Å². The van der Waals surface area contributed by atoms with Crippen molar-refractivity contribution in [3.8, 4) is 0 Å². The van der Waals surface area contributed by atoms with Crippen molar-refractivity contribution in [1.82, 2.24) is 19.8 Å². The summed E-state index contributed by atoms with van der Waals surface area (Å²) in [5.74, 6) is 0.372. The molecular formula is C6H11ClN4O. The SMILES string of the molecule is CC(C)n1nnn(CCCl)c1=O. The maximum atomic E-state index is 11.3. The Morgan fingerprint density at radius 1 is 1.50 bits per heavy atom. The van der Waals surface area contributed by atoms with Crippen molar-refractivity contribution in [1.29, 1.82) is 0 Å². The topological polar surface area (TPSA) is 52.7 Å². The number of hydrogen-bond donors (Lipinski definition) is 0. The van der Waals surface area contributed by atoms with Crippen LogP contribution in [0.1, 0.15) is 19.9 Å². The highest BCUT2D eigenvalue weighted by Gasteiger charge is 2.07. The van der Waals surface area contributed by atoms with Crippen LogP contribution in [0.3, 0.4) is 0 Å². The Balaban J connectivity index is 2.97. The van der Waals surface area contributed by atoms with Crippen molar-refractivity contribution < 1.29 is 0 Å². The predicted molar refractivity (Wildman–Crippen MR) is 45.4 cm³/mol. The van der Waals surface area contributed by atoms with E-state index in [1.807, 2.05) is 13.8 Å². The number of nitrogens with zero attached hydrogens (tertiary/aromatic N) is 4. The van der Waals surface area contributed by atoms with Gasteiger partial charge in [-0.2, -0.15) is 9.36 Å². The Labute approximate surface area is 74.9 Å². The number of aromatic nitrogens is 4. The van der Waals surface area contributed by atoms with E-state index >= 15 is 0 Å². The molecule has 1 heterocycles. The third-order valence-electron chi connectivity index (χ3n) is 1.45. The second-order valence-electron chi connectivity index (χ2n) is 2.71. The first kappa shape index (κ1) is 9.25. The van der Waals surface area contributed by atoms with Gasteiger partial charge in [-0.3, -0.25) is 0 Å². The molecule has 5 nitrogen and oxygen atoms in total. The first-order chi connectivity index (χ1) is 5.66. The van der Waals surface area contributed by atoms with E-state index in [1.54, 1.807) is 0 Å². The maximum absolute atomic E-state index is 11.3. The lowest BCUT2D eigenvalue weighted by atomic mass is 10.4. The molecule has 0 N–H and O–H groups in total. The minimum absolute atomic E-state index is 0.0431. The van der Waals surface area contributed by atoms with Crippen molar-refractivity contribution in [3.63, 3.8) is 0 Å². The quantitative estimate of drug-likeness (QED) is 0.643. The summed E-state index contributed by atoms with van der Waals surface area (Å²) in [5, 5.41) is 7.35. The number of halogens is 1. The molecule has 12 heavy (non-hydrogen) atoms. The highest BCUT2D eigenvalue weighted by Crippen LogP contribution is 1.93. The Hall–Kier alpha value is -0.840. The molecule has 0 spiro atoms. The normalized spacial score (nSPS) is 11.0. The van der Waals surface area contributed by atoms with Gasteiger partial charge in [-0.15, -0.1) is 11.6 Å². The molecule has 1 rings (SSSR count). The maximum Gasteiger partial charge on any atom is 0.363 e. The molecule has 0 unspecified atom stereocenters. The van der Waals surface area contributed by atoms with Crippen molar-refractivity contribution in [2.75, 3.05) is 5.88 Å². The zero-order valence-electron chi connectivity index (χ0n) is 7.07. The molecule has 0 aliphatic heterocycles. The van der Waals surface area contributed by atoms with Crippen LogP contribution in [-0.4, -0.2) is 25.7 Å². The summed E-state index contributed by atoms with van der Waals surface area (Å²) < 4.78 is 2.58. The van der Waals surface area contributed by atoms with Crippen molar-refractivity contribution in [3.05, 3.63) is 10.5 Å². The van der Waals surface area contributed by atoms with Gasteiger partial charge >= 0.3 is 5.69 Å². The van der Waals surface area contributed by atoms with Gasteiger partial charge in [0.15, 0.2) is 0 Å². The summed E-state index contributed by atoms with van der Waals surface area (Å²) in [5.41, 5.74) is -0.203. The van der Waals surface area contributed by atoms with Gasteiger partial charge in [-0.25, -0.2) is 4.79 Å². The zero-order chi connectivity index (χ0) is 9.14. The molecule has 1 aromatic heterocycles. The molecule has 1 aromatic rings. The van der Waals surface area contributed by atoms with E-state index in [9.17, 15) is 4.79 Å². The lowest BCUT2D eigenvalue weighted by molar-refractivity contribution is 0.499. The lowest BCUT2D eigenvalue weighted by Gasteiger charge is -1.99. The van der Waals surface area contributed by atoms with Gasteiger partial charge < -0.3 is 0 Å². The summed E-state index contributed by atoms with van der Waals surface area (Å²) in [7, 11) is 0. The summed E-state index contributed by atoms with van der Waals surface area (Å²) in [4.78, 5) is 11.3. The predicted octanol–water partition coefficient (Wildman–Crippen LogP) is 0.260. The fourth-order valence-corrected chi connectivity index (χ4v) is 0.991. The lowest BCUT2D eigenvalue weighted by Crippen LogP contribution is -2.26. The van der Waals surface area contributed by atoms with E-state index in [0.717, 1.165) is 0 Å². The van der Waals surface area contributed by atoms with Crippen LogP contribution in [0.2, 0.25) is 0 Å². The third kappa shape index (κ3) is 1.66. The monoisotopic (exact) mass is 190 g/mol. The molecule has 0 saturated carbocycles. The molecule has 0 bridgehead atoms. The van der Waals surface area contributed by atoms with Crippen LogP contribution in [0, 0.1) is 0 Å². The van der Waals surface area contributed by atoms with E-state index in [0.29, 0.717) is 12.4 Å². The molecule has 0 atom stereocenters. The average Bonchev–Trinajstić information content (AvgIpc) is 2.34. The summed E-state index contributed by atoms with van der Waals surface area (Å²) >= 11 is 5.46. The van der Waals surface area contributed by atoms with Crippen LogP contribution < -0.4 is 5.69 Å². The van der Waals surface area contributed by atoms with Gasteiger partial charge in [0.05, 0.1) is 12.6 Å². The molecule has 0 aliphatic rings. The minimum atomic E-state index is -0.203. The summed E-state index contributed by atoms with van der Waals surface area (Å²) in [6.45, 7) is 4.16. The van der Waals surface area contributed by atoms with Crippen LogP contribution in [0.25, 0.3) is 0 Å². The van der Waals surface area contributed by atoms with Crippen LogP contribution >= 0.6 is 11.6 Å². The molecule has 0 saturated heterocycles. The summed E-state index contributed by atoms with van der Waals surface area (Å²) in [6, 6.07) is 0.0431. The Bertz CT molecular complexity index is 303. The molecule has 0 fully saturated rings. The van der Waals surface area contributed by atoms with E-state index in [4.69, 9.17) is 11.6 Å². The van der Waals surface area contributed by atoms with Gasteiger partial charge in [0.25, 0.3) is 0 Å². The van der Waals surface area contributed by atoms with E-state index < -0.39 is 0 Å². The highest BCUT2D eigenvalue weighted by molar-refractivity contribution is 6.17. The van der Waals surface area contributed by atoms with Gasteiger partial charge in [0.2, 0.25) is 0 Å². The first-order valence-electron chi connectivity index (χ1n) is 3.75. The smallest absolute Gasteiger partial charge is 0.244 e. The molecule has 68 valence electrons. The fourth-order valence-electron chi connectivity index (χ4n) is 0.831. The first-order valence-corrected chi connectivity index (χ1v) is 4.28. The number of aryl methyl sites for hydroxylation is 1. The Kier molecular flexibility index (Phi) is 2.86. The standard InChI is InChI=1S/C6H11ClN4O/c1-5(2)11-6(12)10(4-3-7)8-9-11/h5H,3-4H2,1-2H3. The molecule has 0 amide bonds. The molecule has 0 aromatic carbocycles. The number of tetrazole rings is 1. The fraction of sp³-hybridized carbons (Fsp3) is 0.833. The largest absolute Gasteiger partial charge is 0.363 e. The van der Waals surface area contributed by atoms with Gasteiger partial charge in [-0.1, -0.05) is 0 Å². The zero-order valence-corrected chi connectivity index (χ0v) is 7.82. The average molecular weight is 191 g/mol.